The van der Waals surface area contributed by atoms with Crippen molar-refractivity contribution in [3.63, 3.8) is 0 Å². The van der Waals surface area contributed by atoms with Gasteiger partial charge in [-0.3, -0.25) is 0 Å². The van der Waals surface area contributed by atoms with Crippen molar-refractivity contribution in [2.75, 3.05) is 0 Å². The van der Waals surface area contributed by atoms with E-state index in [1.165, 1.54) is 51.2 Å². The normalized spacial score (nSPS) is 10.2. The lowest BCUT2D eigenvalue weighted by Gasteiger charge is -2.06. The fraction of sp³-hybridized carbons (Fsp3) is 1.00. The molecular formula is C10H24B2. The summed E-state index contributed by atoms with van der Waals surface area (Å²) >= 11 is 0. The van der Waals surface area contributed by atoms with Crippen LogP contribution in [0.1, 0.15) is 52.4 Å². The summed E-state index contributed by atoms with van der Waals surface area (Å²) in [5.41, 5.74) is 0. The van der Waals surface area contributed by atoms with Gasteiger partial charge in [-0.1, -0.05) is 65.0 Å². The second-order valence-electron chi connectivity index (χ2n) is 4.10. The van der Waals surface area contributed by atoms with Crippen molar-refractivity contribution in [2.45, 2.75) is 65.0 Å². The molecule has 0 aromatic heterocycles. The Bertz CT molecular complexity index is 73.9. The van der Waals surface area contributed by atoms with Crippen molar-refractivity contribution < 1.29 is 0 Å². The van der Waals surface area contributed by atoms with Gasteiger partial charge in [0.1, 0.15) is 6.60 Å². The second-order valence-corrected chi connectivity index (χ2v) is 4.10. The molecule has 0 nitrogen and oxygen atoms in total. The van der Waals surface area contributed by atoms with Crippen LogP contribution in [-0.4, -0.2) is 14.3 Å². The average molecular weight is 166 g/mol. The Hall–Kier alpha value is 0.130. The molecule has 0 saturated carbocycles. The summed E-state index contributed by atoms with van der Waals surface area (Å²) in [6.07, 6.45) is 11.4. The zero-order valence-corrected chi connectivity index (χ0v) is 9.23. The predicted molar refractivity (Wildman–Crippen MR) is 63.0 cm³/mol. The summed E-state index contributed by atoms with van der Waals surface area (Å²) in [4.78, 5) is 0. The molecule has 0 rings (SSSR count). The molecule has 0 fully saturated rings. The molecule has 70 valence electrons. The van der Waals surface area contributed by atoms with Gasteiger partial charge in [0.15, 0.2) is 0 Å². The van der Waals surface area contributed by atoms with Crippen LogP contribution in [0.25, 0.3) is 0 Å². The minimum atomic E-state index is 0.975. The van der Waals surface area contributed by atoms with Gasteiger partial charge in [0.25, 0.3) is 0 Å². The first-order chi connectivity index (χ1) is 5.81. The van der Waals surface area contributed by atoms with Gasteiger partial charge in [-0.2, -0.15) is 0 Å². The Kier molecular flexibility index (Phi) is 9.32. The van der Waals surface area contributed by atoms with Gasteiger partial charge in [0.2, 0.25) is 0 Å². The van der Waals surface area contributed by atoms with Crippen LogP contribution in [0.15, 0.2) is 0 Å². The van der Waals surface area contributed by atoms with Crippen molar-refractivity contribution >= 4 is 14.3 Å². The van der Waals surface area contributed by atoms with E-state index in [0.717, 1.165) is 6.60 Å². The van der Waals surface area contributed by atoms with Crippen LogP contribution < -0.4 is 0 Å². The maximum Gasteiger partial charge on any atom is 0.100 e. The third-order valence-electron chi connectivity index (χ3n) is 2.60. The summed E-state index contributed by atoms with van der Waals surface area (Å²) in [7, 11) is 2.41. The van der Waals surface area contributed by atoms with E-state index in [1.807, 2.05) is 0 Å². The van der Waals surface area contributed by atoms with Crippen LogP contribution in [0, 0.1) is 0 Å². The molecule has 0 amide bonds. The van der Waals surface area contributed by atoms with Gasteiger partial charge >= 0.3 is 0 Å². The van der Waals surface area contributed by atoms with E-state index in [0.29, 0.717) is 0 Å². The first kappa shape index (κ1) is 12.1. The number of hydrogen-bond acceptors (Lipinski definition) is 0. The van der Waals surface area contributed by atoms with Crippen molar-refractivity contribution in [3.8, 4) is 0 Å². The van der Waals surface area contributed by atoms with E-state index in [9.17, 15) is 0 Å². The van der Waals surface area contributed by atoms with Gasteiger partial charge in [-0.25, -0.2) is 0 Å². The quantitative estimate of drug-likeness (QED) is 0.384. The first-order valence-electron chi connectivity index (χ1n) is 5.81. The predicted octanol–water partition coefficient (Wildman–Crippen LogP) is 2.99. The van der Waals surface area contributed by atoms with E-state index in [1.54, 1.807) is 0 Å². The summed E-state index contributed by atoms with van der Waals surface area (Å²) in [6, 6.07) is 0. The van der Waals surface area contributed by atoms with Crippen molar-refractivity contribution in [2.24, 2.45) is 0 Å². The van der Waals surface area contributed by atoms with Crippen LogP contribution in [-0.2, 0) is 0 Å². The average Bonchev–Trinajstić information content (AvgIpc) is 2.06. The first-order valence-corrected chi connectivity index (χ1v) is 5.81. The molecule has 0 bridgehead atoms. The fourth-order valence-corrected chi connectivity index (χ4v) is 1.63. The Labute approximate surface area is 80.0 Å². The minimum absolute atomic E-state index is 0.975. The Morgan fingerprint density at radius 1 is 0.833 bits per heavy atom. The molecule has 0 aromatic carbocycles. The largest absolute Gasteiger partial charge is 0.100 e. The molecule has 0 atom stereocenters. The molecule has 0 heterocycles. The van der Waals surface area contributed by atoms with Crippen LogP contribution in [0.5, 0.6) is 0 Å². The molecule has 2 heteroatoms. The van der Waals surface area contributed by atoms with Crippen LogP contribution >= 0.6 is 0 Å². The van der Waals surface area contributed by atoms with Crippen molar-refractivity contribution in [1.82, 2.24) is 0 Å². The monoisotopic (exact) mass is 166 g/mol. The lowest BCUT2D eigenvalue weighted by molar-refractivity contribution is 0.750. The molecular weight excluding hydrogens is 142 g/mol. The van der Waals surface area contributed by atoms with Gasteiger partial charge < -0.3 is 0 Å². The van der Waals surface area contributed by atoms with E-state index < -0.39 is 0 Å². The third-order valence-corrected chi connectivity index (χ3v) is 2.60. The van der Waals surface area contributed by atoms with Gasteiger partial charge in [-0.05, 0) is 0 Å². The molecule has 0 aromatic rings. The second kappa shape index (κ2) is 9.22. The summed E-state index contributed by atoms with van der Waals surface area (Å²) < 4.78 is 0. The lowest BCUT2D eigenvalue weighted by Crippen LogP contribution is -2.11. The van der Waals surface area contributed by atoms with Gasteiger partial charge in [0, 0.05) is 0 Å². The summed E-state index contributed by atoms with van der Waals surface area (Å²) in [6.45, 7) is 5.53. The zero-order chi connectivity index (χ0) is 9.23. The summed E-state index contributed by atoms with van der Waals surface area (Å²) in [5, 5.41) is 0. The van der Waals surface area contributed by atoms with Crippen molar-refractivity contribution in [3.05, 3.63) is 0 Å². The molecule has 0 N–H and O–H groups in total. The smallest absolute Gasteiger partial charge is 0.0811 e. The highest BCUT2D eigenvalue weighted by atomic mass is 13.9. The van der Waals surface area contributed by atoms with Gasteiger partial charge in [-0.15, -0.1) is 0 Å². The highest BCUT2D eigenvalue weighted by Crippen LogP contribution is 2.09. The van der Waals surface area contributed by atoms with E-state index in [2.05, 4.69) is 21.6 Å². The Morgan fingerprint density at radius 3 is 1.58 bits per heavy atom. The third kappa shape index (κ3) is 8.23. The zero-order valence-electron chi connectivity index (χ0n) is 9.23. The molecule has 0 aliphatic heterocycles. The van der Waals surface area contributed by atoms with Crippen LogP contribution in [0.4, 0.5) is 0 Å². The van der Waals surface area contributed by atoms with Crippen LogP contribution in [0.3, 0.4) is 0 Å². The lowest BCUT2D eigenvalue weighted by atomic mass is 9.29. The molecule has 0 spiro atoms. The van der Waals surface area contributed by atoms with E-state index in [-0.39, 0.29) is 0 Å². The molecule has 0 radical (unpaired) electrons. The number of rotatable bonds is 8. The molecule has 0 unspecified atom stereocenters. The minimum Gasteiger partial charge on any atom is -0.0811 e. The number of hydrogen-bond donors (Lipinski definition) is 0. The Balaban J connectivity index is 3.04. The van der Waals surface area contributed by atoms with Gasteiger partial charge in [0.05, 0.1) is 7.74 Å². The maximum atomic E-state index is 2.41. The standard InChI is InChI=1S/C10H24B2/c1-3-5-7-9-12(11)10-8-6-4-2/h3-11H2,1-2H3. The SMILES string of the molecule is BB(CCCCC)CCCCC. The topological polar surface area (TPSA) is 0 Å². The van der Waals surface area contributed by atoms with Crippen molar-refractivity contribution in [1.29, 1.82) is 0 Å². The molecule has 0 aliphatic carbocycles. The molecule has 0 saturated heterocycles. The maximum absolute atomic E-state index is 2.41. The molecule has 0 aliphatic rings. The highest BCUT2D eigenvalue weighted by Gasteiger charge is 2.04. The fourth-order valence-electron chi connectivity index (χ4n) is 1.63. The van der Waals surface area contributed by atoms with Crippen LogP contribution in [0.2, 0.25) is 12.6 Å². The van der Waals surface area contributed by atoms with E-state index in [4.69, 9.17) is 0 Å². The van der Waals surface area contributed by atoms with E-state index >= 15 is 0 Å². The molecule has 12 heavy (non-hydrogen) atoms. The summed E-state index contributed by atoms with van der Waals surface area (Å²) in [5.74, 6) is 0. The highest BCUT2D eigenvalue weighted by molar-refractivity contribution is 7.03. The number of unbranched alkanes of at least 4 members (excludes halogenated alkanes) is 4. The Morgan fingerprint density at radius 2 is 1.25 bits per heavy atom.